The predicted molar refractivity (Wildman–Crippen MR) is 192 cm³/mol. The van der Waals surface area contributed by atoms with Crippen LogP contribution in [0.4, 0.5) is 0 Å². The first-order valence-corrected chi connectivity index (χ1v) is 18.5. The summed E-state index contributed by atoms with van der Waals surface area (Å²) >= 11 is 0. The Hall–Kier alpha value is -2.22. The summed E-state index contributed by atoms with van der Waals surface area (Å²) in [4.78, 5) is 3.98. The molecular formula is C42H59NO5. The van der Waals surface area contributed by atoms with Crippen LogP contribution < -0.4 is 0 Å². The number of epoxide rings is 1. The number of hydrogen-bond acceptors (Lipinski definition) is 5. The number of fused-ring (bicyclic) bond motifs is 7. The molecule has 6 heteroatoms. The molecule has 1 aromatic carbocycles. The molecule has 9 atom stereocenters. The molecule has 48 heavy (non-hydrogen) atoms. The highest BCUT2D eigenvalue weighted by Gasteiger charge is 2.86. The second kappa shape index (κ2) is 11.4. The van der Waals surface area contributed by atoms with Gasteiger partial charge in [-0.25, -0.2) is 0 Å². The van der Waals surface area contributed by atoms with Crippen molar-refractivity contribution >= 4 is 10.9 Å². The molecule has 5 aliphatic rings. The Morgan fingerprint density at radius 1 is 0.979 bits per heavy atom. The van der Waals surface area contributed by atoms with Gasteiger partial charge in [0.2, 0.25) is 0 Å². The lowest BCUT2D eigenvalue weighted by molar-refractivity contribution is -0.283. The maximum Gasteiger partial charge on any atom is 0.152 e. The lowest BCUT2D eigenvalue weighted by Crippen LogP contribution is -2.76. The number of aliphatic hydroxyl groups excluding tert-OH is 1. The Bertz CT molecular complexity index is 1700. The molecule has 6 nitrogen and oxygen atoms in total. The van der Waals surface area contributed by atoms with Crippen molar-refractivity contribution in [1.29, 1.82) is 0 Å². The number of rotatable bonds is 8. The summed E-state index contributed by atoms with van der Waals surface area (Å²) in [5, 5.41) is 26.4. The van der Waals surface area contributed by atoms with E-state index in [-0.39, 0.29) is 11.5 Å². The van der Waals surface area contributed by atoms with Crippen LogP contribution in [0.3, 0.4) is 0 Å². The summed E-state index contributed by atoms with van der Waals surface area (Å²) in [6.07, 6.45) is 10.6. The van der Waals surface area contributed by atoms with Crippen molar-refractivity contribution in [2.75, 3.05) is 6.61 Å². The number of allylic oxidation sites excluding steroid dienone is 5. The summed E-state index contributed by atoms with van der Waals surface area (Å²) in [5.74, 6) is 0.418. The SMILES string of the molecule is CC(C)=CCOC(C)(C)[C@H]1O[C@H]2CC[C@@]3(C)[C@@](O)(CC[C@H]4Cc5c([nH]c6ccc(CC=C(C)C)c(CC=C(C)C)c56)[C@@]43C)[C@]23O[C@@H]3[C@@H]1O. The molecule has 7 rings (SSSR count). The van der Waals surface area contributed by atoms with Crippen molar-refractivity contribution < 1.29 is 24.4 Å². The highest BCUT2D eigenvalue weighted by atomic mass is 16.7. The van der Waals surface area contributed by atoms with Crippen LogP contribution in [0.1, 0.15) is 117 Å². The van der Waals surface area contributed by atoms with Gasteiger partial charge in [0.15, 0.2) is 5.60 Å². The largest absolute Gasteiger partial charge is 0.387 e. The van der Waals surface area contributed by atoms with Crippen molar-refractivity contribution in [2.24, 2.45) is 11.3 Å². The van der Waals surface area contributed by atoms with Gasteiger partial charge < -0.3 is 29.4 Å². The fraction of sp³-hybridized carbons (Fsp3) is 0.667. The number of ether oxygens (including phenoxy) is 3. The van der Waals surface area contributed by atoms with Gasteiger partial charge >= 0.3 is 0 Å². The lowest BCUT2D eigenvalue weighted by Gasteiger charge is -2.66. The van der Waals surface area contributed by atoms with E-state index in [0.29, 0.717) is 18.9 Å². The number of aromatic nitrogens is 1. The molecule has 0 amide bonds. The lowest BCUT2D eigenvalue weighted by atomic mass is 9.40. The molecule has 4 fully saturated rings. The van der Waals surface area contributed by atoms with E-state index in [2.05, 4.69) is 90.7 Å². The molecule has 262 valence electrons. The van der Waals surface area contributed by atoms with Crippen LogP contribution in [-0.2, 0) is 38.9 Å². The van der Waals surface area contributed by atoms with Crippen molar-refractivity contribution in [3.8, 4) is 0 Å². The molecule has 2 aromatic rings. The number of hydrogen-bond donors (Lipinski definition) is 3. The Kier molecular flexibility index (Phi) is 8.13. The summed E-state index contributed by atoms with van der Waals surface area (Å²) in [6, 6.07) is 4.60. The molecule has 3 aliphatic carbocycles. The Morgan fingerprint density at radius 2 is 1.67 bits per heavy atom. The summed E-state index contributed by atoms with van der Waals surface area (Å²) < 4.78 is 19.7. The van der Waals surface area contributed by atoms with Crippen LogP contribution in [0.2, 0.25) is 0 Å². The fourth-order valence-corrected chi connectivity index (χ4v) is 10.8. The number of H-pyrrole nitrogens is 1. The van der Waals surface area contributed by atoms with E-state index >= 15 is 0 Å². The Morgan fingerprint density at radius 3 is 2.35 bits per heavy atom. The fourth-order valence-electron chi connectivity index (χ4n) is 10.8. The monoisotopic (exact) mass is 657 g/mol. The van der Waals surface area contributed by atoms with E-state index in [1.165, 1.54) is 50.0 Å². The standard InChI is InChI=1S/C42H59NO5/c1-24(2)11-13-27-14-16-31-33(29(27)15-12-25(3)4)30-23-28-17-21-41(45)39(9,40(28,10)35(30)43-31)20-18-32-42(41)37(48-42)34(44)36(47-32)38(7,8)46-22-19-26(5)6/h11-12,14,16,19,28,32,34,36-37,43-45H,13,15,17-18,20-23H2,1-10H3/t28-,32-,34+,36-,37+,39+,40+,41-,42-/m0/s1. The number of aromatic amines is 1. The Balaban J connectivity index is 1.27. The topological polar surface area (TPSA) is 87.2 Å². The summed E-state index contributed by atoms with van der Waals surface area (Å²) in [7, 11) is 0. The van der Waals surface area contributed by atoms with Gasteiger partial charge in [-0.15, -0.1) is 0 Å². The van der Waals surface area contributed by atoms with E-state index in [9.17, 15) is 10.2 Å². The zero-order valence-corrected chi connectivity index (χ0v) is 31.0. The molecule has 2 saturated carbocycles. The van der Waals surface area contributed by atoms with Crippen LogP contribution in [0.25, 0.3) is 10.9 Å². The minimum Gasteiger partial charge on any atom is -0.387 e. The van der Waals surface area contributed by atoms with Crippen LogP contribution in [0.5, 0.6) is 0 Å². The van der Waals surface area contributed by atoms with E-state index < -0.39 is 40.5 Å². The average molecular weight is 658 g/mol. The van der Waals surface area contributed by atoms with Crippen molar-refractivity contribution in [3.05, 3.63) is 69.5 Å². The molecular weight excluding hydrogens is 598 g/mol. The molecule has 2 aliphatic heterocycles. The first-order chi connectivity index (χ1) is 22.5. The molecule has 0 unspecified atom stereocenters. The van der Waals surface area contributed by atoms with Gasteiger partial charge in [0.1, 0.15) is 23.9 Å². The predicted octanol–water partition coefficient (Wildman–Crippen LogP) is 7.97. The first kappa shape index (κ1) is 34.2. The quantitative estimate of drug-likeness (QED) is 0.198. The normalized spacial score (nSPS) is 37.9. The molecule has 3 N–H and O–H groups in total. The second-order valence-corrected chi connectivity index (χ2v) is 17.5. The van der Waals surface area contributed by atoms with Gasteiger partial charge in [-0.1, -0.05) is 54.9 Å². The third kappa shape index (κ3) is 4.61. The van der Waals surface area contributed by atoms with Crippen LogP contribution in [-0.4, -0.2) is 63.0 Å². The molecule has 2 saturated heterocycles. The maximum absolute atomic E-state index is 13.3. The molecule has 3 heterocycles. The van der Waals surface area contributed by atoms with Gasteiger partial charge in [-0.2, -0.15) is 0 Å². The van der Waals surface area contributed by atoms with Crippen LogP contribution in [0.15, 0.2) is 47.1 Å². The second-order valence-electron chi connectivity index (χ2n) is 17.5. The molecule has 0 radical (unpaired) electrons. The van der Waals surface area contributed by atoms with Crippen molar-refractivity contribution in [1.82, 2.24) is 4.98 Å². The molecule has 1 aromatic heterocycles. The maximum atomic E-state index is 13.3. The highest BCUT2D eigenvalue weighted by molar-refractivity contribution is 5.90. The molecule has 1 spiro atoms. The average Bonchev–Trinajstić information content (AvgIpc) is 3.59. The Labute approximate surface area is 288 Å². The zero-order chi connectivity index (χ0) is 34.6. The number of nitrogens with one attached hydrogen (secondary N) is 1. The first-order valence-electron chi connectivity index (χ1n) is 18.5. The van der Waals surface area contributed by atoms with Gasteiger partial charge in [-0.05, 0) is 129 Å². The van der Waals surface area contributed by atoms with Gasteiger partial charge in [-0.3, -0.25) is 0 Å². The minimum absolute atomic E-state index is 0.285. The zero-order valence-electron chi connectivity index (χ0n) is 31.0. The summed E-state index contributed by atoms with van der Waals surface area (Å²) in [5.41, 5.74) is 7.12. The number of benzene rings is 1. The third-order valence-electron chi connectivity index (χ3n) is 13.7. The smallest absolute Gasteiger partial charge is 0.152 e. The van der Waals surface area contributed by atoms with Crippen molar-refractivity contribution in [2.45, 2.75) is 161 Å². The van der Waals surface area contributed by atoms with E-state index in [4.69, 9.17) is 14.2 Å². The third-order valence-corrected chi connectivity index (χ3v) is 13.7. The molecule has 0 bridgehead atoms. The minimum atomic E-state index is -1.14. The summed E-state index contributed by atoms with van der Waals surface area (Å²) in [6.45, 7) is 22.0. The van der Waals surface area contributed by atoms with Crippen LogP contribution in [0, 0.1) is 11.3 Å². The van der Waals surface area contributed by atoms with Gasteiger partial charge in [0.05, 0.1) is 18.3 Å². The van der Waals surface area contributed by atoms with Gasteiger partial charge in [0, 0.05) is 27.4 Å². The van der Waals surface area contributed by atoms with E-state index in [1.54, 1.807) is 0 Å². The number of aliphatic hydroxyl groups is 2. The van der Waals surface area contributed by atoms with E-state index in [1.807, 2.05) is 13.8 Å². The van der Waals surface area contributed by atoms with Crippen molar-refractivity contribution in [3.63, 3.8) is 0 Å². The van der Waals surface area contributed by atoms with E-state index in [0.717, 1.165) is 38.5 Å². The van der Waals surface area contributed by atoms with Gasteiger partial charge in [0.25, 0.3) is 0 Å². The highest BCUT2D eigenvalue weighted by Crippen LogP contribution is 2.75. The van der Waals surface area contributed by atoms with Crippen LogP contribution >= 0.6 is 0 Å².